The average Bonchev–Trinajstić information content (AvgIpc) is 3.69. The number of pyridine rings is 1. The Morgan fingerprint density at radius 1 is 0.750 bits per heavy atom. The third kappa shape index (κ3) is 4.55. The average molecular weight is 756 g/mol. The van der Waals surface area contributed by atoms with Crippen molar-refractivity contribution >= 4 is 60.3 Å². The molecular formula is C38H26IrN4O-2. The normalized spacial score (nSPS) is 15.2. The van der Waals surface area contributed by atoms with Crippen molar-refractivity contribution in [2.24, 2.45) is 0 Å². The summed E-state index contributed by atoms with van der Waals surface area (Å²) in [4.78, 5) is 12.7. The molecule has 1 radical (unpaired) electrons. The van der Waals surface area contributed by atoms with Crippen LogP contribution < -0.4 is 0 Å². The summed E-state index contributed by atoms with van der Waals surface area (Å²) in [5.74, 6) is -0.0359. The fourth-order valence-corrected chi connectivity index (χ4v) is 5.52. The van der Waals surface area contributed by atoms with Crippen molar-refractivity contribution in [1.82, 2.24) is 19.4 Å². The number of aryl methyl sites for hydroxylation is 3. The van der Waals surface area contributed by atoms with Crippen molar-refractivity contribution in [1.29, 1.82) is 0 Å². The molecule has 4 heterocycles. The van der Waals surface area contributed by atoms with Crippen molar-refractivity contribution in [3.8, 4) is 11.4 Å². The van der Waals surface area contributed by atoms with E-state index >= 15 is 0 Å². The molecule has 0 aliphatic carbocycles. The number of nitrogens with zero attached hydrogens (tertiary/aromatic N) is 4. The van der Waals surface area contributed by atoms with Crippen molar-refractivity contribution in [2.75, 3.05) is 0 Å². The molecule has 0 amide bonds. The molecule has 0 saturated heterocycles. The van der Waals surface area contributed by atoms with Gasteiger partial charge in [-0.15, -0.1) is 65.0 Å². The fourth-order valence-electron chi connectivity index (χ4n) is 5.52. The van der Waals surface area contributed by atoms with Gasteiger partial charge in [-0.05, 0) is 55.0 Å². The number of benzene rings is 5. The molecule has 0 bridgehead atoms. The Kier molecular flexibility index (Phi) is 4.84. The molecule has 0 saturated carbocycles. The first-order chi connectivity index (χ1) is 24.7. The molecule has 6 heteroatoms. The first-order valence-electron chi connectivity index (χ1n) is 18.0. The number of para-hydroxylation sites is 3. The second kappa shape index (κ2) is 11.0. The zero-order valence-corrected chi connectivity index (χ0v) is 25.2. The van der Waals surface area contributed by atoms with E-state index in [4.69, 9.17) is 21.7 Å². The Morgan fingerprint density at radius 3 is 2.50 bits per heavy atom. The fraction of sp³-hybridized carbons (Fsp3) is 0.0789. The Morgan fingerprint density at radius 2 is 1.64 bits per heavy atom. The Labute approximate surface area is 280 Å². The van der Waals surface area contributed by atoms with E-state index < -0.39 is 31.8 Å². The van der Waals surface area contributed by atoms with Gasteiger partial charge in [-0.3, -0.25) is 15.0 Å². The first-order valence-corrected chi connectivity index (χ1v) is 13.5. The molecule has 5 nitrogen and oxygen atoms in total. The summed E-state index contributed by atoms with van der Waals surface area (Å²) in [6.45, 7) is -7.66. The number of fused-ring (bicyclic) bond motifs is 11. The minimum atomic E-state index is -2.72. The smallest absolute Gasteiger partial charge is 0.135 e. The third-order valence-electron chi connectivity index (χ3n) is 7.51. The molecule has 9 rings (SSSR count). The summed E-state index contributed by atoms with van der Waals surface area (Å²) in [6, 6.07) is 37.1. The van der Waals surface area contributed by atoms with Gasteiger partial charge in [0.2, 0.25) is 0 Å². The standard InChI is InChI=1S/C25H13N2O.C13H13N2.Ir/c1-2-9-17-15(7-1)18-14-24-19(16-8-3-6-12-23(16)28-24)13-22(18)27-21-11-5-4-10-20(21)26-25(17)27;1-9-4-6-12(7-5-9)13-14-8-10(2)11(3)15-13;/h1-8,10-14H;4-6,8H,1-3H3;/q2*-1;/i;1D3,2D3,3D3;. The SMILES string of the molecule is [2H]C([2H])([2H])c1c[c-]c(-c2ncc(C([2H])([2H])[2H])c(C([2H])([2H])[2H])n2)cc1.[Ir].[c-]1cccc2c1c1nc3ccccc3n1c1cc3c(cc21)oc1ccccc13. The molecular weight excluding hydrogens is 721 g/mol. The predicted octanol–water partition coefficient (Wildman–Crippen LogP) is 9.36. The van der Waals surface area contributed by atoms with Crippen molar-refractivity contribution in [3.05, 3.63) is 132 Å². The molecule has 5 aromatic carbocycles. The van der Waals surface area contributed by atoms with E-state index in [2.05, 4.69) is 75.0 Å². The monoisotopic (exact) mass is 756 g/mol. The molecule has 9 aromatic rings. The minimum Gasteiger partial charge on any atom is -0.456 e. The van der Waals surface area contributed by atoms with Crippen molar-refractivity contribution in [3.63, 3.8) is 0 Å². The molecule has 0 N–H and O–H groups in total. The van der Waals surface area contributed by atoms with Gasteiger partial charge in [-0.2, -0.15) is 0 Å². The van der Waals surface area contributed by atoms with Crippen molar-refractivity contribution in [2.45, 2.75) is 20.6 Å². The Balaban J connectivity index is 0.000000164. The van der Waals surface area contributed by atoms with Crippen LogP contribution in [0.1, 0.15) is 29.2 Å². The number of aromatic nitrogens is 4. The first kappa shape index (κ1) is 19.4. The van der Waals surface area contributed by atoms with E-state index in [-0.39, 0.29) is 37.1 Å². The van der Waals surface area contributed by atoms with Crippen molar-refractivity contribution < 1.29 is 36.9 Å². The largest absolute Gasteiger partial charge is 0.456 e. The van der Waals surface area contributed by atoms with Gasteiger partial charge in [0.15, 0.2) is 0 Å². The van der Waals surface area contributed by atoms with Crippen LogP contribution in [0, 0.1) is 32.7 Å². The predicted molar refractivity (Wildman–Crippen MR) is 174 cm³/mol. The Hall–Kier alpha value is -4.90. The van der Waals surface area contributed by atoms with E-state index in [0.717, 1.165) is 66.5 Å². The van der Waals surface area contributed by atoms with Gasteiger partial charge in [-0.1, -0.05) is 42.6 Å². The van der Waals surface area contributed by atoms with E-state index in [1.54, 1.807) is 0 Å². The van der Waals surface area contributed by atoms with Crippen LogP contribution in [0.25, 0.3) is 71.7 Å². The molecule has 0 aliphatic rings. The quantitative estimate of drug-likeness (QED) is 0.124. The minimum absolute atomic E-state index is 0. The molecule has 0 atom stereocenters. The van der Waals surface area contributed by atoms with Crippen LogP contribution >= 0.6 is 0 Å². The van der Waals surface area contributed by atoms with E-state index in [9.17, 15) is 0 Å². The van der Waals surface area contributed by atoms with Crippen LogP contribution in [-0.2, 0) is 20.1 Å². The zero-order chi connectivity index (χ0) is 36.6. The van der Waals surface area contributed by atoms with Crippen LogP contribution in [0.3, 0.4) is 0 Å². The summed E-state index contributed by atoms with van der Waals surface area (Å²) in [5, 5.41) is 5.58. The molecule has 215 valence electrons. The molecule has 44 heavy (non-hydrogen) atoms. The van der Waals surface area contributed by atoms with Crippen LogP contribution in [0.15, 0.2) is 108 Å². The number of hydrogen-bond donors (Lipinski definition) is 0. The maximum absolute atomic E-state index is 7.48. The Bertz CT molecular complexity index is 2820. The maximum Gasteiger partial charge on any atom is 0.135 e. The van der Waals surface area contributed by atoms with Gasteiger partial charge in [-0.25, -0.2) is 0 Å². The maximum atomic E-state index is 7.48. The summed E-state index contributed by atoms with van der Waals surface area (Å²) in [5.41, 5.74) is 5.34. The van der Waals surface area contributed by atoms with Crippen LogP contribution in [-0.4, -0.2) is 19.4 Å². The van der Waals surface area contributed by atoms with Crippen LogP contribution in [0.4, 0.5) is 0 Å². The van der Waals surface area contributed by atoms with Gasteiger partial charge in [0.25, 0.3) is 0 Å². The molecule has 4 aromatic heterocycles. The summed E-state index contributed by atoms with van der Waals surface area (Å²) in [7, 11) is 0. The zero-order valence-electron chi connectivity index (χ0n) is 31.8. The van der Waals surface area contributed by atoms with Gasteiger partial charge in [0, 0.05) is 60.6 Å². The van der Waals surface area contributed by atoms with Gasteiger partial charge >= 0.3 is 0 Å². The second-order valence-corrected chi connectivity index (χ2v) is 10.1. The van der Waals surface area contributed by atoms with Crippen LogP contribution in [0.2, 0.25) is 0 Å². The molecule has 0 unspecified atom stereocenters. The van der Waals surface area contributed by atoms with E-state index in [1.165, 1.54) is 18.2 Å². The topological polar surface area (TPSA) is 56.2 Å². The number of rotatable bonds is 1. The molecule has 0 aliphatic heterocycles. The van der Waals surface area contributed by atoms with Crippen LogP contribution in [0.5, 0.6) is 0 Å². The van der Waals surface area contributed by atoms with Gasteiger partial charge in [0.1, 0.15) is 11.2 Å². The van der Waals surface area contributed by atoms with Gasteiger partial charge < -0.3 is 8.82 Å². The third-order valence-corrected chi connectivity index (χ3v) is 7.51. The second-order valence-electron chi connectivity index (χ2n) is 10.1. The summed E-state index contributed by atoms with van der Waals surface area (Å²) in [6.07, 6.45) is 0.961. The number of furan rings is 1. The van der Waals surface area contributed by atoms with E-state index in [1.807, 2.05) is 30.3 Å². The summed E-state index contributed by atoms with van der Waals surface area (Å²) < 4.78 is 75.0. The molecule has 0 spiro atoms. The molecule has 0 fully saturated rings. The van der Waals surface area contributed by atoms with E-state index in [0.29, 0.717) is 0 Å². The number of hydrogen-bond acceptors (Lipinski definition) is 4. The van der Waals surface area contributed by atoms with Gasteiger partial charge in [0.05, 0.1) is 22.5 Å². The number of imidazole rings is 1. The summed E-state index contributed by atoms with van der Waals surface area (Å²) >= 11 is 0.